The van der Waals surface area contributed by atoms with Gasteiger partial charge in [-0.15, -0.1) is 0 Å². The Balaban J connectivity index is 2.51. The van der Waals surface area contributed by atoms with E-state index in [-0.39, 0.29) is 0 Å². The lowest BCUT2D eigenvalue weighted by Gasteiger charge is -1.99. The quantitative estimate of drug-likeness (QED) is 0.719. The number of hydrogen-bond acceptors (Lipinski definition) is 4. The van der Waals surface area contributed by atoms with E-state index < -0.39 is 0 Å². The fraction of sp³-hybridized carbons (Fsp3) is 0.222. The first-order valence-corrected chi connectivity index (χ1v) is 4.25. The Hall–Kier alpha value is -1.91. The van der Waals surface area contributed by atoms with Gasteiger partial charge >= 0.3 is 0 Å². The summed E-state index contributed by atoms with van der Waals surface area (Å²) in [6.45, 7) is 1.89. The molecule has 2 aromatic rings. The number of rotatable bonds is 1. The Morgan fingerprint density at radius 1 is 1.36 bits per heavy atom. The third kappa shape index (κ3) is 1.56. The summed E-state index contributed by atoms with van der Waals surface area (Å²) in [4.78, 5) is 8.40. The highest BCUT2D eigenvalue weighted by Crippen LogP contribution is 2.14. The number of anilines is 1. The van der Waals surface area contributed by atoms with Crippen LogP contribution in [0.2, 0.25) is 0 Å². The molecule has 0 aromatic carbocycles. The van der Waals surface area contributed by atoms with Gasteiger partial charge in [-0.2, -0.15) is 5.10 Å². The van der Waals surface area contributed by atoms with Gasteiger partial charge in [-0.3, -0.25) is 4.68 Å². The Morgan fingerprint density at radius 2 is 2.14 bits per heavy atom. The van der Waals surface area contributed by atoms with Crippen LogP contribution in [0.15, 0.2) is 18.5 Å². The van der Waals surface area contributed by atoms with Crippen molar-refractivity contribution < 1.29 is 0 Å². The Kier molecular flexibility index (Phi) is 1.92. The molecule has 14 heavy (non-hydrogen) atoms. The van der Waals surface area contributed by atoms with E-state index in [4.69, 9.17) is 5.73 Å². The molecular weight excluding hydrogens is 178 g/mol. The monoisotopic (exact) mass is 189 g/mol. The van der Waals surface area contributed by atoms with Gasteiger partial charge in [0.15, 0.2) is 5.82 Å². The lowest BCUT2D eigenvalue weighted by atomic mass is 10.3. The molecule has 0 saturated carbocycles. The van der Waals surface area contributed by atoms with E-state index >= 15 is 0 Å². The van der Waals surface area contributed by atoms with Crippen molar-refractivity contribution in [2.75, 3.05) is 5.73 Å². The molecule has 0 fully saturated rings. The average Bonchev–Trinajstić information content (AvgIpc) is 2.50. The molecule has 2 N–H and O–H groups in total. The van der Waals surface area contributed by atoms with E-state index in [2.05, 4.69) is 15.1 Å². The summed E-state index contributed by atoms with van der Waals surface area (Å²) in [5.74, 6) is 1.10. The van der Waals surface area contributed by atoms with Crippen molar-refractivity contribution in [1.82, 2.24) is 19.7 Å². The van der Waals surface area contributed by atoms with Crippen molar-refractivity contribution >= 4 is 5.82 Å². The second kappa shape index (κ2) is 3.10. The molecule has 0 saturated heterocycles. The van der Waals surface area contributed by atoms with Gasteiger partial charge in [0.2, 0.25) is 0 Å². The SMILES string of the molecule is Cc1cc(N)nc(-c2cnn(C)c2)n1. The minimum atomic E-state index is 0.483. The van der Waals surface area contributed by atoms with Gasteiger partial charge in [0.1, 0.15) is 5.82 Å². The van der Waals surface area contributed by atoms with E-state index in [1.807, 2.05) is 20.2 Å². The molecule has 0 unspecified atom stereocenters. The summed E-state index contributed by atoms with van der Waals surface area (Å²) in [6.07, 6.45) is 3.57. The van der Waals surface area contributed by atoms with Gasteiger partial charge in [0.25, 0.3) is 0 Å². The van der Waals surface area contributed by atoms with Crippen LogP contribution in [0.25, 0.3) is 11.4 Å². The highest BCUT2D eigenvalue weighted by Gasteiger charge is 2.04. The Labute approximate surface area is 81.6 Å². The number of hydrogen-bond donors (Lipinski definition) is 1. The van der Waals surface area contributed by atoms with E-state index in [0.717, 1.165) is 11.3 Å². The molecule has 0 atom stereocenters. The number of aromatic nitrogens is 4. The van der Waals surface area contributed by atoms with Crippen LogP contribution in [0.5, 0.6) is 0 Å². The maximum atomic E-state index is 5.63. The van der Waals surface area contributed by atoms with E-state index in [9.17, 15) is 0 Å². The van der Waals surface area contributed by atoms with Gasteiger partial charge in [0, 0.05) is 25.0 Å². The minimum Gasteiger partial charge on any atom is -0.384 e. The molecule has 72 valence electrons. The van der Waals surface area contributed by atoms with Gasteiger partial charge in [0.05, 0.1) is 11.8 Å². The van der Waals surface area contributed by atoms with E-state index in [1.165, 1.54) is 0 Å². The largest absolute Gasteiger partial charge is 0.384 e. The van der Waals surface area contributed by atoms with Crippen molar-refractivity contribution in [1.29, 1.82) is 0 Å². The second-order valence-electron chi connectivity index (χ2n) is 3.16. The lowest BCUT2D eigenvalue weighted by molar-refractivity contribution is 0.768. The Bertz CT molecular complexity index is 440. The first kappa shape index (κ1) is 8.68. The molecule has 0 bridgehead atoms. The molecule has 0 radical (unpaired) electrons. The van der Waals surface area contributed by atoms with Crippen molar-refractivity contribution in [2.24, 2.45) is 7.05 Å². The standard InChI is InChI=1S/C9H11N5/c1-6-3-8(10)13-9(12-6)7-4-11-14(2)5-7/h3-5H,1-2H3,(H2,10,12,13). The fourth-order valence-electron chi connectivity index (χ4n) is 1.26. The summed E-state index contributed by atoms with van der Waals surface area (Å²) in [6, 6.07) is 1.74. The van der Waals surface area contributed by atoms with Crippen molar-refractivity contribution in [3.63, 3.8) is 0 Å². The van der Waals surface area contributed by atoms with Gasteiger partial charge in [-0.1, -0.05) is 0 Å². The summed E-state index contributed by atoms with van der Waals surface area (Å²) in [5.41, 5.74) is 7.36. The molecule has 0 aliphatic heterocycles. The van der Waals surface area contributed by atoms with Gasteiger partial charge in [-0.25, -0.2) is 9.97 Å². The van der Waals surface area contributed by atoms with E-state index in [0.29, 0.717) is 11.6 Å². The Morgan fingerprint density at radius 3 is 2.71 bits per heavy atom. The molecule has 0 aliphatic rings. The molecule has 0 spiro atoms. The molecule has 5 heteroatoms. The molecule has 2 aromatic heterocycles. The number of nitrogens with two attached hydrogens (primary N) is 1. The van der Waals surface area contributed by atoms with Crippen LogP contribution in [-0.2, 0) is 7.05 Å². The topological polar surface area (TPSA) is 69.6 Å². The molecule has 0 amide bonds. The van der Waals surface area contributed by atoms with Crippen LogP contribution in [0.4, 0.5) is 5.82 Å². The smallest absolute Gasteiger partial charge is 0.164 e. The van der Waals surface area contributed by atoms with Crippen molar-refractivity contribution in [3.05, 3.63) is 24.2 Å². The zero-order chi connectivity index (χ0) is 10.1. The fourth-order valence-corrected chi connectivity index (χ4v) is 1.26. The summed E-state index contributed by atoms with van der Waals surface area (Å²) >= 11 is 0. The zero-order valence-corrected chi connectivity index (χ0v) is 8.10. The molecular formula is C9H11N5. The molecule has 2 rings (SSSR count). The lowest BCUT2D eigenvalue weighted by Crippen LogP contribution is -1.96. The van der Waals surface area contributed by atoms with Crippen LogP contribution in [0.3, 0.4) is 0 Å². The predicted molar refractivity (Wildman–Crippen MR) is 53.4 cm³/mol. The average molecular weight is 189 g/mol. The minimum absolute atomic E-state index is 0.483. The highest BCUT2D eigenvalue weighted by atomic mass is 15.2. The summed E-state index contributed by atoms with van der Waals surface area (Å²) < 4.78 is 1.71. The molecule has 0 aliphatic carbocycles. The van der Waals surface area contributed by atoms with Crippen molar-refractivity contribution in [2.45, 2.75) is 6.92 Å². The van der Waals surface area contributed by atoms with Crippen LogP contribution in [0, 0.1) is 6.92 Å². The first-order chi connectivity index (χ1) is 6.65. The van der Waals surface area contributed by atoms with Crippen LogP contribution in [-0.4, -0.2) is 19.7 Å². The normalized spacial score (nSPS) is 10.4. The van der Waals surface area contributed by atoms with Crippen LogP contribution >= 0.6 is 0 Å². The number of nitrogen functional groups attached to an aromatic ring is 1. The zero-order valence-electron chi connectivity index (χ0n) is 8.10. The van der Waals surface area contributed by atoms with Crippen LogP contribution < -0.4 is 5.73 Å². The molecule has 2 heterocycles. The third-order valence-corrected chi connectivity index (χ3v) is 1.84. The van der Waals surface area contributed by atoms with E-state index in [1.54, 1.807) is 16.9 Å². The summed E-state index contributed by atoms with van der Waals surface area (Å²) in [5, 5.41) is 4.05. The molecule has 5 nitrogen and oxygen atoms in total. The summed E-state index contributed by atoms with van der Waals surface area (Å²) in [7, 11) is 1.85. The second-order valence-corrected chi connectivity index (χ2v) is 3.16. The predicted octanol–water partition coefficient (Wildman–Crippen LogP) is 0.768. The number of aryl methyl sites for hydroxylation is 2. The number of nitrogens with zero attached hydrogens (tertiary/aromatic N) is 4. The van der Waals surface area contributed by atoms with Gasteiger partial charge in [-0.05, 0) is 6.92 Å². The maximum absolute atomic E-state index is 5.63. The highest BCUT2D eigenvalue weighted by molar-refractivity contribution is 5.54. The van der Waals surface area contributed by atoms with Crippen LogP contribution in [0.1, 0.15) is 5.69 Å². The van der Waals surface area contributed by atoms with Gasteiger partial charge < -0.3 is 5.73 Å². The maximum Gasteiger partial charge on any atom is 0.164 e. The van der Waals surface area contributed by atoms with Crippen molar-refractivity contribution in [3.8, 4) is 11.4 Å². The first-order valence-electron chi connectivity index (χ1n) is 4.25. The third-order valence-electron chi connectivity index (χ3n) is 1.84.